The third-order valence-corrected chi connectivity index (χ3v) is 5.30. The molecular formula is C23H25N3O. The van der Waals surface area contributed by atoms with Gasteiger partial charge in [0, 0.05) is 18.4 Å². The summed E-state index contributed by atoms with van der Waals surface area (Å²) in [7, 11) is 0. The Kier molecular flexibility index (Phi) is 4.71. The molecule has 2 heterocycles. The molecule has 2 amide bonds. The van der Waals surface area contributed by atoms with Crippen LogP contribution in [0.1, 0.15) is 41.8 Å². The van der Waals surface area contributed by atoms with Crippen LogP contribution in [0, 0.1) is 6.92 Å². The monoisotopic (exact) mass is 359 g/mol. The molecule has 1 N–H and O–H groups in total. The largest absolute Gasteiger partial charge is 0.334 e. The van der Waals surface area contributed by atoms with Gasteiger partial charge in [-0.15, -0.1) is 0 Å². The second-order valence-corrected chi connectivity index (χ2v) is 7.13. The van der Waals surface area contributed by atoms with Crippen molar-refractivity contribution in [1.29, 1.82) is 0 Å². The maximum absolute atomic E-state index is 13.1. The lowest BCUT2D eigenvalue weighted by molar-refractivity contribution is 0.167. The average Bonchev–Trinajstić information content (AvgIpc) is 3.12. The summed E-state index contributed by atoms with van der Waals surface area (Å²) in [6.45, 7) is 5.35. The number of carbonyl (C=O) groups excluding carboxylic acids is 1. The van der Waals surface area contributed by atoms with Crippen LogP contribution >= 0.6 is 0 Å². The molecule has 0 aliphatic carbocycles. The number of amides is 2. The topological polar surface area (TPSA) is 37.3 Å². The van der Waals surface area contributed by atoms with Crippen molar-refractivity contribution in [2.24, 2.45) is 0 Å². The number of aromatic nitrogens is 1. The number of benzene rings is 2. The molecule has 138 valence electrons. The van der Waals surface area contributed by atoms with Gasteiger partial charge >= 0.3 is 6.03 Å². The zero-order valence-electron chi connectivity index (χ0n) is 15.9. The summed E-state index contributed by atoms with van der Waals surface area (Å²) in [4.78, 5) is 15.1. The molecule has 0 unspecified atom stereocenters. The minimum Gasteiger partial charge on any atom is -0.334 e. The van der Waals surface area contributed by atoms with Crippen molar-refractivity contribution in [2.45, 2.75) is 39.4 Å². The quantitative estimate of drug-likeness (QED) is 0.705. The van der Waals surface area contributed by atoms with Crippen LogP contribution < -0.4 is 5.32 Å². The van der Waals surface area contributed by atoms with Crippen LogP contribution in [-0.2, 0) is 13.1 Å². The van der Waals surface area contributed by atoms with Crippen molar-refractivity contribution in [3.8, 4) is 5.69 Å². The van der Waals surface area contributed by atoms with Crippen molar-refractivity contribution in [3.63, 3.8) is 0 Å². The van der Waals surface area contributed by atoms with Crippen molar-refractivity contribution < 1.29 is 4.79 Å². The van der Waals surface area contributed by atoms with E-state index in [-0.39, 0.29) is 12.1 Å². The molecule has 27 heavy (non-hydrogen) atoms. The molecule has 4 rings (SSSR count). The van der Waals surface area contributed by atoms with Crippen molar-refractivity contribution in [2.75, 3.05) is 0 Å². The Morgan fingerprint density at radius 1 is 1.07 bits per heavy atom. The maximum Gasteiger partial charge on any atom is 0.318 e. The predicted molar refractivity (Wildman–Crippen MR) is 108 cm³/mol. The number of urea groups is 1. The fourth-order valence-corrected chi connectivity index (χ4v) is 3.85. The third-order valence-electron chi connectivity index (χ3n) is 5.30. The minimum absolute atomic E-state index is 0.0214. The molecule has 0 bridgehead atoms. The molecule has 2 aromatic carbocycles. The summed E-state index contributed by atoms with van der Waals surface area (Å²) < 4.78 is 2.22. The van der Waals surface area contributed by atoms with Gasteiger partial charge in [-0.2, -0.15) is 0 Å². The van der Waals surface area contributed by atoms with Crippen LogP contribution in [-0.4, -0.2) is 15.5 Å². The second-order valence-electron chi connectivity index (χ2n) is 7.13. The van der Waals surface area contributed by atoms with Gasteiger partial charge in [0.25, 0.3) is 0 Å². The van der Waals surface area contributed by atoms with Gasteiger partial charge < -0.3 is 14.8 Å². The fourth-order valence-electron chi connectivity index (χ4n) is 3.85. The Hall–Kier alpha value is -3.01. The number of hydrogen-bond acceptors (Lipinski definition) is 1. The van der Waals surface area contributed by atoms with E-state index in [0.29, 0.717) is 13.1 Å². The highest BCUT2D eigenvalue weighted by molar-refractivity contribution is 5.75. The first-order valence-corrected chi connectivity index (χ1v) is 9.53. The molecular weight excluding hydrogens is 334 g/mol. The third kappa shape index (κ3) is 3.35. The highest BCUT2D eigenvalue weighted by Gasteiger charge is 2.30. The van der Waals surface area contributed by atoms with Crippen molar-refractivity contribution in [3.05, 3.63) is 89.2 Å². The number of hydrogen-bond donors (Lipinski definition) is 1. The average molecular weight is 359 g/mol. The molecule has 0 spiro atoms. The van der Waals surface area contributed by atoms with Crippen LogP contribution in [0.4, 0.5) is 4.79 Å². The van der Waals surface area contributed by atoms with Crippen LogP contribution in [0.5, 0.6) is 0 Å². The Morgan fingerprint density at radius 3 is 2.63 bits per heavy atom. The van der Waals surface area contributed by atoms with Gasteiger partial charge in [0.05, 0.1) is 18.3 Å². The van der Waals surface area contributed by atoms with Gasteiger partial charge in [0.15, 0.2) is 0 Å². The van der Waals surface area contributed by atoms with Crippen LogP contribution in [0.25, 0.3) is 5.69 Å². The molecule has 1 aromatic heterocycles. The van der Waals surface area contributed by atoms with Crippen molar-refractivity contribution in [1.82, 2.24) is 14.8 Å². The maximum atomic E-state index is 13.1. The zero-order chi connectivity index (χ0) is 18.8. The number of nitrogens with one attached hydrogen (secondary N) is 1. The number of aryl methyl sites for hydroxylation is 1. The number of nitrogens with zero attached hydrogens (tertiary/aromatic N) is 2. The van der Waals surface area contributed by atoms with E-state index in [9.17, 15) is 4.79 Å². The minimum atomic E-state index is -0.0214. The second kappa shape index (κ2) is 7.31. The van der Waals surface area contributed by atoms with E-state index in [4.69, 9.17) is 0 Å². The van der Waals surface area contributed by atoms with Gasteiger partial charge in [-0.3, -0.25) is 0 Å². The Morgan fingerprint density at radius 2 is 1.85 bits per heavy atom. The van der Waals surface area contributed by atoms with Gasteiger partial charge in [-0.1, -0.05) is 55.0 Å². The molecule has 0 fully saturated rings. The number of para-hydroxylation sites is 1. The molecule has 1 aliphatic rings. The molecule has 1 aliphatic heterocycles. The summed E-state index contributed by atoms with van der Waals surface area (Å²) in [5.74, 6) is 0. The Bertz CT molecular complexity index is 942. The Balaban J connectivity index is 1.61. The predicted octanol–water partition coefficient (Wildman–Crippen LogP) is 4.96. The van der Waals surface area contributed by atoms with E-state index in [0.717, 1.165) is 28.9 Å². The van der Waals surface area contributed by atoms with E-state index >= 15 is 0 Å². The van der Waals surface area contributed by atoms with Crippen LogP contribution in [0.3, 0.4) is 0 Å². The lowest BCUT2D eigenvalue weighted by atomic mass is 10.1. The number of fused-ring (bicyclic) bond motifs is 3. The number of carbonyl (C=O) groups is 1. The highest BCUT2D eigenvalue weighted by Crippen LogP contribution is 2.33. The van der Waals surface area contributed by atoms with E-state index < -0.39 is 0 Å². The standard InChI is InChI=1S/C23H25N3O/c1-3-20-22-9-6-14-25(22)21-8-5-4-7-19(21)16-26(20)23(27)24-15-18-12-10-17(2)11-13-18/h4-14,20H,3,15-16H2,1-2H3,(H,24,27)/t20-/m1/s1. The molecule has 1 atom stereocenters. The van der Waals surface area contributed by atoms with Gasteiger partial charge in [-0.25, -0.2) is 4.79 Å². The smallest absolute Gasteiger partial charge is 0.318 e. The van der Waals surface area contributed by atoms with E-state index in [2.05, 4.69) is 84.5 Å². The van der Waals surface area contributed by atoms with Crippen molar-refractivity contribution >= 4 is 6.03 Å². The SMILES string of the molecule is CC[C@@H]1c2cccn2-c2ccccc2CN1C(=O)NCc1ccc(C)cc1. The summed E-state index contributed by atoms with van der Waals surface area (Å²) in [5.41, 5.74) is 5.82. The molecule has 4 heteroatoms. The first-order chi connectivity index (χ1) is 13.2. The summed E-state index contributed by atoms with van der Waals surface area (Å²) in [5, 5.41) is 3.11. The van der Waals surface area contributed by atoms with Gasteiger partial charge in [0.2, 0.25) is 0 Å². The fraction of sp³-hybridized carbons (Fsp3) is 0.261. The molecule has 0 radical (unpaired) electrons. The molecule has 0 saturated heterocycles. The number of rotatable bonds is 3. The first kappa shape index (κ1) is 17.4. The van der Waals surface area contributed by atoms with E-state index in [1.165, 1.54) is 5.56 Å². The summed E-state index contributed by atoms with van der Waals surface area (Å²) in [6, 6.07) is 20.8. The lowest BCUT2D eigenvalue weighted by Gasteiger charge is -2.29. The molecule has 3 aromatic rings. The summed E-state index contributed by atoms with van der Waals surface area (Å²) >= 11 is 0. The van der Waals surface area contributed by atoms with E-state index in [1.54, 1.807) is 0 Å². The molecule has 0 saturated carbocycles. The van der Waals surface area contributed by atoms with Crippen LogP contribution in [0.15, 0.2) is 66.9 Å². The first-order valence-electron chi connectivity index (χ1n) is 9.53. The van der Waals surface area contributed by atoms with Gasteiger partial charge in [-0.05, 0) is 42.7 Å². The lowest BCUT2D eigenvalue weighted by Crippen LogP contribution is -2.41. The molecule has 4 nitrogen and oxygen atoms in total. The van der Waals surface area contributed by atoms with Gasteiger partial charge in [0.1, 0.15) is 0 Å². The van der Waals surface area contributed by atoms with Crippen LogP contribution in [0.2, 0.25) is 0 Å². The zero-order valence-corrected chi connectivity index (χ0v) is 15.9. The normalized spacial score (nSPS) is 15.6. The van der Waals surface area contributed by atoms with E-state index in [1.807, 2.05) is 11.0 Å². The Labute approximate surface area is 160 Å². The summed E-state index contributed by atoms with van der Waals surface area (Å²) in [6.07, 6.45) is 2.96. The highest BCUT2D eigenvalue weighted by atomic mass is 16.2.